The number of benzene rings is 1. The SMILES string of the molecule is COc1ccccc1C(=O)NC(=O)C[C@@H](C)C[N+](=O)[O-]. The van der Waals surface area contributed by atoms with Crippen molar-refractivity contribution >= 4 is 11.8 Å². The summed E-state index contributed by atoms with van der Waals surface area (Å²) in [7, 11) is 1.42. The van der Waals surface area contributed by atoms with E-state index in [0.29, 0.717) is 5.75 Å². The van der Waals surface area contributed by atoms with Crippen LogP contribution in [0.25, 0.3) is 0 Å². The highest BCUT2D eigenvalue weighted by Gasteiger charge is 2.18. The number of carbonyl (C=O) groups excluding carboxylic acids is 2. The van der Waals surface area contributed by atoms with E-state index in [9.17, 15) is 19.7 Å². The minimum Gasteiger partial charge on any atom is -0.496 e. The molecule has 0 fully saturated rings. The Morgan fingerprint density at radius 1 is 1.40 bits per heavy atom. The molecule has 0 spiro atoms. The zero-order chi connectivity index (χ0) is 15.1. The number of hydrogen-bond acceptors (Lipinski definition) is 5. The number of para-hydroxylation sites is 1. The standard InChI is InChI=1S/C13H16N2O5/c1-9(8-15(18)19)7-12(16)14-13(17)10-5-3-4-6-11(10)20-2/h3-6,9H,7-8H2,1-2H3,(H,14,16,17)/t9-/m1/s1. The summed E-state index contributed by atoms with van der Waals surface area (Å²) in [5.41, 5.74) is 0.241. The number of amides is 2. The van der Waals surface area contributed by atoms with Gasteiger partial charge in [0.05, 0.1) is 12.7 Å². The van der Waals surface area contributed by atoms with Crippen LogP contribution in [0.2, 0.25) is 0 Å². The van der Waals surface area contributed by atoms with Crippen molar-refractivity contribution in [2.24, 2.45) is 5.92 Å². The number of nitrogens with one attached hydrogen (secondary N) is 1. The minimum absolute atomic E-state index is 0.0815. The van der Waals surface area contributed by atoms with Crippen LogP contribution in [0, 0.1) is 16.0 Å². The van der Waals surface area contributed by atoms with Crippen LogP contribution in [0.1, 0.15) is 23.7 Å². The number of hydrogen-bond donors (Lipinski definition) is 1. The summed E-state index contributed by atoms with van der Waals surface area (Å²) in [5, 5.41) is 12.5. The Bertz CT molecular complexity index is 515. The lowest BCUT2D eigenvalue weighted by atomic mass is 10.1. The van der Waals surface area contributed by atoms with Crippen LogP contribution in [-0.4, -0.2) is 30.4 Å². The topological polar surface area (TPSA) is 98.5 Å². The molecule has 20 heavy (non-hydrogen) atoms. The molecule has 0 saturated heterocycles. The summed E-state index contributed by atoms with van der Waals surface area (Å²) in [4.78, 5) is 33.3. The molecule has 1 aromatic rings. The smallest absolute Gasteiger partial charge is 0.261 e. The maximum absolute atomic E-state index is 11.9. The molecule has 0 heterocycles. The first kappa shape index (κ1) is 15.6. The normalized spacial score (nSPS) is 11.5. The zero-order valence-electron chi connectivity index (χ0n) is 11.3. The van der Waals surface area contributed by atoms with Gasteiger partial charge < -0.3 is 4.74 Å². The third kappa shape index (κ3) is 4.68. The van der Waals surface area contributed by atoms with Crippen LogP contribution in [0.15, 0.2) is 24.3 Å². The van der Waals surface area contributed by atoms with E-state index in [1.807, 2.05) is 0 Å². The van der Waals surface area contributed by atoms with Crippen molar-refractivity contribution in [3.05, 3.63) is 39.9 Å². The summed E-state index contributed by atoms with van der Waals surface area (Å²) in [6.07, 6.45) is -0.0815. The van der Waals surface area contributed by atoms with E-state index in [0.717, 1.165) is 0 Å². The Morgan fingerprint density at radius 3 is 2.65 bits per heavy atom. The molecular formula is C13H16N2O5. The second-order valence-corrected chi connectivity index (χ2v) is 4.40. The van der Waals surface area contributed by atoms with Gasteiger partial charge in [-0.15, -0.1) is 0 Å². The third-order valence-electron chi connectivity index (χ3n) is 2.60. The molecule has 0 radical (unpaired) electrons. The summed E-state index contributed by atoms with van der Waals surface area (Å²) in [6.45, 7) is 1.27. The second kappa shape index (κ2) is 7.22. The Kier molecular flexibility index (Phi) is 5.64. The van der Waals surface area contributed by atoms with E-state index in [4.69, 9.17) is 4.74 Å². The van der Waals surface area contributed by atoms with Crippen molar-refractivity contribution in [2.75, 3.05) is 13.7 Å². The molecule has 1 atom stereocenters. The minimum atomic E-state index is -0.583. The van der Waals surface area contributed by atoms with E-state index in [-0.39, 0.29) is 18.5 Å². The summed E-state index contributed by atoms with van der Waals surface area (Å²) in [6, 6.07) is 6.49. The largest absolute Gasteiger partial charge is 0.496 e. The number of nitrogens with zero attached hydrogens (tertiary/aromatic N) is 1. The average Bonchev–Trinajstić information content (AvgIpc) is 2.37. The number of ether oxygens (including phenoxy) is 1. The molecule has 7 nitrogen and oxygen atoms in total. The van der Waals surface area contributed by atoms with Gasteiger partial charge >= 0.3 is 0 Å². The van der Waals surface area contributed by atoms with Crippen molar-refractivity contribution in [2.45, 2.75) is 13.3 Å². The molecule has 0 saturated carbocycles. The van der Waals surface area contributed by atoms with E-state index in [2.05, 4.69) is 5.32 Å². The van der Waals surface area contributed by atoms with Gasteiger partial charge in [0.15, 0.2) is 0 Å². The summed E-state index contributed by atoms with van der Waals surface area (Å²) >= 11 is 0. The number of methoxy groups -OCH3 is 1. The number of carbonyl (C=O) groups is 2. The monoisotopic (exact) mass is 280 g/mol. The molecule has 1 aromatic carbocycles. The Balaban J connectivity index is 2.62. The van der Waals surface area contributed by atoms with Gasteiger partial charge in [-0.2, -0.15) is 0 Å². The third-order valence-corrected chi connectivity index (χ3v) is 2.60. The van der Waals surface area contributed by atoms with E-state index >= 15 is 0 Å². The van der Waals surface area contributed by atoms with E-state index < -0.39 is 22.7 Å². The maximum atomic E-state index is 11.9. The molecule has 0 aliphatic carbocycles. The number of nitro groups is 1. The van der Waals surface area contributed by atoms with Crippen LogP contribution < -0.4 is 10.1 Å². The lowest BCUT2D eigenvalue weighted by molar-refractivity contribution is -0.487. The van der Waals surface area contributed by atoms with Gasteiger partial charge in [-0.1, -0.05) is 19.1 Å². The molecule has 1 rings (SSSR count). The highest BCUT2D eigenvalue weighted by molar-refractivity contribution is 6.06. The van der Waals surface area contributed by atoms with Gasteiger partial charge in [0.2, 0.25) is 12.5 Å². The lowest BCUT2D eigenvalue weighted by Gasteiger charge is -2.09. The van der Waals surface area contributed by atoms with Gasteiger partial charge in [-0.3, -0.25) is 25.0 Å². The quantitative estimate of drug-likeness (QED) is 0.624. The molecule has 0 aromatic heterocycles. The fourth-order valence-electron chi connectivity index (χ4n) is 1.71. The molecule has 2 amide bonds. The lowest BCUT2D eigenvalue weighted by Crippen LogP contribution is -2.32. The van der Waals surface area contributed by atoms with Crippen molar-refractivity contribution in [3.8, 4) is 5.75 Å². The first-order valence-electron chi connectivity index (χ1n) is 6.03. The van der Waals surface area contributed by atoms with Crippen molar-refractivity contribution in [1.82, 2.24) is 5.32 Å². The molecule has 0 bridgehead atoms. The fourth-order valence-corrected chi connectivity index (χ4v) is 1.71. The first-order valence-corrected chi connectivity index (χ1v) is 6.03. The second-order valence-electron chi connectivity index (χ2n) is 4.40. The van der Waals surface area contributed by atoms with Gasteiger partial charge in [0.25, 0.3) is 5.91 Å². The van der Waals surface area contributed by atoms with Gasteiger partial charge in [0, 0.05) is 17.3 Å². The van der Waals surface area contributed by atoms with Gasteiger partial charge in [-0.05, 0) is 12.1 Å². The number of imide groups is 1. The average molecular weight is 280 g/mol. The van der Waals surface area contributed by atoms with E-state index in [1.54, 1.807) is 25.1 Å². The first-order chi connectivity index (χ1) is 9.43. The van der Waals surface area contributed by atoms with E-state index in [1.165, 1.54) is 13.2 Å². The molecule has 108 valence electrons. The highest BCUT2D eigenvalue weighted by atomic mass is 16.6. The predicted octanol–water partition coefficient (Wildman–Crippen LogP) is 1.25. The molecule has 0 unspecified atom stereocenters. The summed E-state index contributed by atoms with van der Waals surface area (Å²) in [5.74, 6) is -1.21. The van der Waals surface area contributed by atoms with Crippen molar-refractivity contribution in [1.29, 1.82) is 0 Å². The van der Waals surface area contributed by atoms with Gasteiger partial charge in [0.1, 0.15) is 5.75 Å². The van der Waals surface area contributed by atoms with Crippen LogP contribution in [0.5, 0.6) is 5.75 Å². The molecular weight excluding hydrogens is 264 g/mol. The molecule has 0 aliphatic rings. The van der Waals surface area contributed by atoms with Crippen molar-refractivity contribution in [3.63, 3.8) is 0 Å². The maximum Gasteiger partial charge on any atom is 0.261 e. The molecule has 1 N–H and O–H groups in total. The predicted molar refractivity (Wildman–Crippen MR) is 71.1 cm³/mol. The summed E-state index contributed by atoms with van der Waals surface area (Å²) < 4.78 is 5.02. The Labute approximate surface area is 116 Å². The van der Waals surface area contributed by atoms with Crippen molar-refractivity contribution < 1.29 is 19.2 Å². The van der Waals surface area contributed by atoms with Crippen LogP contribution in [0.3, 0.4) is 0 Å². The Hall–Kier alpha value is -2.44. The van der Waals surface area contributed by atoms with Crippen LogP contribution in [0.4, 0.5) is 0 Å². The van der Waals surface area contributed by atoms with Crippen LogP contribution in [-0.2, 0) is 4.79 Å². The highest BCUT2D eigenvalue weighted by Crippen LogP contribution is 2.16. The van der Waals surface area contributed by atoms with Crippen LogP contribution >= 0.6 is 0 Å². The molecule has 7 heteroatoms. The number of rotatable bonds is 6. The van der Waals surface area contributed by atoms with Gasteiger partial charge in [-0.25, -0.2) is 0 Å². The zero-order valence-corrected chi connectivity index (χ0v) is 11.3. The Morgan fingerprint density at radius 2 is 2.05 bits per heavy atom. The molecule has 0 aliphatic heterocycles. The fraction of sp³-hybridized carbons (Fsp3) is 0.385.